The van der Waals surface area contributed by atoms with Crippen molar-refractivity contribution in [2.75, 3.05) is 13.7 Å². The highest BCUT2D eigenvalue weighted by Gasteiger charge is 2.30. The number of hydrogen-bond donors (Lipinski definition) is 2. The van der Waals surface area contributed by atoms with Crippen LogP contribution >= 0.6 is 0 Å². The monoisotopic (exact) mass is 258 g/mol. The first-order chi connectivity index (χ1) is 9.24. The summed E-state index contributed by atoms with van der Waals surface area (Å²) in [6, 6.07) is 7.51. The van der Waals surface area contributed by atoms with E-state index in [0.29, 0.717) is 11.1 Å². The lowest BCUT2D eigenvalue weighted by molar-refractivity contribution is 0.0176. The maximum atomic E-state index is 12.2. The van der Waals surface area contributed by atoms with Gasteiger partial charge in [-0.3, -0.25) is 4.79 Å². The quantitative estimate of drug-likeness (QED) is 0.792. The highest BCUT2D eigenvalue weighted by Crippen LogP contribution is 2.23. The summed E-state index contributed by atoms with van der Waals surface area (Å²) in [6.07, 6.45) is 2.02. The van der Waals surface area contributed by atoms with Crippen LogP contribution in [0.15, 0.2) is 24.3 Å². The summed E-state index contributed by atoms with van der Waals surface area (Å²) in [5.74, 6) is 5.62. The van der Waals surface area contributed by atoms with Gasteiger partial charge in [0.05, 0.1) is 18.2 Å². The third kappa shape index (κ3) is 3.34. The molecule has 0 aliphatic heterocycles. The molecule has 0 heterocycles. The molecule has 1 aromatic rings. The second kappa shape index (κ2) is 6.37. The molecule has 1 aliphatic rings. The number of carbonyl (C=O) groups is 1. The Bertz CT molecular complexity index is 510. The van der Waals surface area contributed by atoms with E-state index in [1.165, 1.54) is 0 Å². The minimum atomic E-state index is -0.0820. The van der Waals surface area contributed by atoms with Crippen LogP contribution in [0.5, 0.6) is 0 Å². The van der Waals surface area contributed by atoms with E-state index in [0.717, 1.165) is 12.8 Å². The molecule has 0 saturated heterocycles. The van der Waals surface area contributed by atoms with Crippen molar-refractivity contribution in [1.82, 2.24) is 5.32 Å². The van der Waals surface area contributed by atoms with Gasteiger partial charge in [-0.15, -0.1) is 0 Å². The molecule has 1 saturated carbocycles. The van der Waals surface area contributed by atoms with Crippen molar-refractivity contribution < 1.29 is 9.53 Å². The molecule has 0 atom stereocenters. The van der Waals surface area contributed by atoms with Gasteiger partial charge in [0.15, 0.2) is 0 Å². The minimum absolute atomic E-state index is 0.0820. The number of methoxy groups -OCH3 is 1. The van der Waals surface area contributed by atoms with Crippen LogP contribution in [0.3, 0.4) is 0 Å². The second-order valence-electron chi connectivity index (χ2n) is 4.55. The lowest BCUT2D eigenvalue weighted by atomic mass is 9.89. The molecule has 0 bridgehead atoms. The van der Waals surface area contributed by atoms with E-state index in [1.807, 2.05) is 18.2 Å². The van der Waals surface area contributed by atoms with E-state index in [4.69, 9.17) is 10.5 Å². The Morgan fingerprint density at radius 2 is 2.21 bits per heavy atom. The highest BCUT2D eigenvalue weighted by molar-refractivity contribution is 5.97. The lowest BCUT2D eigenvalue weighted by Crippen LogP contribution is -2.47. The van der Waals surface area contributed by atoms with Crippen LogP contribution in [0, 0.1) is 11.8 Å². The Hall–Kier alpha value is -1.83. The topological polar surface area (TPSA) is 64.3 Å². The van der Waals surface area contributed by atoms with Crippen molar-refractivity contribution >= 4 is 5.91 Å². The maximum Gasteiger partial charge on any atom is 0.252 e. The summed E-state index contributed by atoms with van der Waals surface area (Å²) >= 11 is 0. The fraction of sp³-hybridized carbons (Fsp3) is 0.400. The number of nitrogens with two attached hydrogens (primary N) is 1. The van der Waals surface area contributed by atoms with Gasteiger partial charge in [-0.05, 0) is 25.0 Å². The van der Waals surface area contributed by atoms with Gasteiger partial charge in [0.2, 0.25) is 0 Å². The molecule has 0 spiro atoms. The third-order valence-electron chi connectivity index (χ3n) is 3.26. The van der Waals surface area contributed by atoms with Gasteiger partial charge in [-0.2, -0.15) is 0 Å². The van der Waals surface area contributed by atoms with Gasteiger partial charge < -0.3 is 15.8 Å². The average Bonchev–Trinajstić information content (AvgIpc) is 2.40. The fourth-order valence-electron chi connectivity index (χ4n) is 2.08. The number of rotatable bonds is 3. The van der Waals surface area contributed by atoms with Gasteiger partial charge in [-0.1, -0.05) is 24.0 Å². The van der Waals surface area contributed by atoms with Crippen molar-refractivity contribution in [2.24, 2.45) is 5.73 Å². The summed E-state index contributed by atoms with van der Waals surface area (Å²) < 4.78 is 5.19. The highest BCUT2D eigenvalue weighted by atomic mass is 16.5. The summed E-state index contributed by atoms with van der Waals surface area (Å²) in [5, 5.41) is 3.00. The molecule has 0 radical (unpaired) electrons. The van der Waals surface area contributed by atoms with Gasteiger partial charge in [0.1, 0.15) is 0 Å². The zero-order valence-electron chi connectivity index (χ0n) is 11.0. The zero-order valence-corrected chi connectivity index (χ0v) is 11.0. The van der Waals surface area contributed by atoms with Gasteiger partial charge >= 0.3 is 0 Å². The fourth-order valence-corrected chi connectivity index (χ4v) is 2.08. The van der Waals surface area contributed by atoms with E-state index in [2.05, 4.69) is 17.2 Å². The molecule has 1 fully saturated rings. The zero-order chi connectivity index (χ0) is 13.7. The largest absolute Gasteiger partial charge is 0.381 e. The van der Waals surface area contributed by atoms with Crippen molar-refractivity contribution in [3.8, 4) is 11.8 Å². The van der Waals surface area contributed by atoms with Crippen LogP contribution < -0.4 is 11.1 Å². The molecular weight excluding hydrogens is 240 g/mol. The molecule has 1 amide bonds. The average molecular weight is 258 g/mol. The Morgan fingerprint density at radius 3 is 2.89 bits per heavy atom. The molecule has 100 valence electrons. The Labute approximate surface area is 113 Å². The van der Waals surface area contributed by atoms with Gasteiger partial charge in [0, 0.05) is 18.7 Å². The normalized spacial score (nSPS) is 20.9. The van der Waals surface area contributed by atoms with E-state index < -0.39 is 0 Å². The molecule has 1 aliphatic carbocycles. The van der Waals surface area contributed by atoms with Gasteiger partial charge in [-0.25, -0.2) is 0 Å². The molecule has 4 nitrogen and oxygen atoms in total. The number of carbonyl (C=O) groups excluding carboxylic acids is 1. The van der Waals surface area contributed by atoms with Crippen LogP contribution in [0.25, 0.3) is 0 Å². The lowest BCUT2D eigenvalue weighted by Gasteiger charge is -2.34. The Balaban J connectivity index is 2.03. The number of nitrogens with one attached hydrogen (secondary N) is 1. The summed E-state index contributed by atoms with van der Waals surface area (Å²) in [4.78, 5) is 12.2. The predicted octanol–water partition coefficient (Wildman–Crippen LogP) is 0.904. The standard InChI is InChI=1S/C15H18N2O2/c1-19-13-9-12(10-13)17-15(18)14-7-3-2-5-11(14)6-4-8-16/h2-3,5,7,12-13H,8-10,16H2,1H3,(H,17,18). The number of amides is 1. The van der Waals surface area contributed by atoms with Gasteiger partial charge in [0.25, 0.3) is 5.91 Å². The van der Waals surface area contributed by atoms with Crippen molar-refractivity contribution in [3.63, 3.8) is 0 Å². The predicted molar refractivity (Wildman–Crippen MR) is 73.7 cm³/mol. The molecular formula is C15H18N2O2. The molecule has 2 rings (SSSR count). The smallest absolute Gasteiger partial charge is 0.252 e. The van der Waals surface area contributed by atoms with Crippen molar-refractivity contribution in [1.29, 1.82) is 0 Å². The van der Waals surface area contributed by atoms with Crippen LogP contribution in [-0.4, -0.2) is 31.7 Å². The molecule has 0 aromatic heterocycles. The molecule has 3 N–H and O–H groups in total. The summed E-state index contributed by atoms with van der Waals surface area (Å²) in [5.41, 5.74) is 6.67. The molecule has 4 heteroatoms. The first kappa shape index (κ1) is 13.6. The van der Waals surface area contributed by atoms with Crippen molar-refractivity contribution in [2.45, 2.75) is 25.0 Å². The first-order valence-corrected chi connectivity index (χ1v) is 6.36. The SMILES string of the molecule is COC1CC(NC(=O)c2ccccc2C#CCN)C1. The minimum Gasteiger partial charge on any atom is -0.381 e. The van der Waals surface area contributed by atoms with Crippen LogP contribution in [0.2, 0.25) is 0 Å². The van der Waals surface area contributed by atoms with Crippen molar-refractivity contribution in [3.05, 3.63) is 35.4 Å². The van der Waals surface area contributed by atoms with E-state index in [9.17, 15) is 4.79 Å². The Kier molecular flexibility index (Phi) is 4.56. The Morgan fingerprint density at radius 1 is 1.47 bits per heavy atom. The number of benzene rings is 1. The van der Waals surface area contributed by atoms with Crippen LogP contribution in [-0.2, 0) is 4.74 Å². The van der Waals surface area contributed by atoms with Crippen LogP contribution in [0.1, 0.15) is 28.8 Å². The number of hydrogen-bond acceptors (Lipinski definition) is 3. The number of ether oxygens (including phenoxy) is 1. The molecule has 19 heavy (non-hydrogen) atoms. The summed E-state index contributed by atoms with van der Waals surface area (Å²) in [7, 11) is 1.69. The van der Waals surface area contributed by atoms with Crippen LogP contribution in [0.4, 0.5) is 0 Å². The summed E-state index contributed by atoms with van der Waals surface area (Å²) in [6.45, 7) is 0.286. The molecule has 0 unspecified atom stereocenters. The first-order valence-electron chi connectivity index (χ1n) is 6.36. The van der Waals surface area contributed by atoms with E-state index >= 15 is 0 Å². The third-order valence-corrected chi connectivity index (χ3v) is 3.26. The molecule has 1 aromatic carbocycles. The second-order valence-corrected chi connectivity index (χ2v) is 4.55. The maximum absolute atomic E-state index is 12.2. The van der Waals surface area contributed by atoms with E-state index in [-0.39, 0.29) is 24.6 Å². The van der Waals surface area contributed by atoms with E-state index in [1.54, 1.807) is 13.2 Å².